The number of pyridine rings is 1. The number of hydrogen-bond donors (Lipinski definition) is 2. The number of rotatable bonds is 7. The minimum Gasteiger partial charge on any atom is -0.502 e. The highest BCUT2D eigenvalue weighted by Crippen LogP contribution is 2.33. The SMILES string of the molecule is O=C(Cc1ccc(Oc2ccc([N+](=O)[O-])c(O)c2)cc1)Nc1ccc(-c2cccc(C(F)(F)F)c2)cn1. The van der Waals surface area contributed by atoms with Crippen LogP contribution in [0.5, 0.6) is 17.2 Å². The van der Waals surface area contributed by atoms with Gasteiger partial charge in [-0.15, -0.1) is 0 Å². The Morgan fingerprint density at radius 3 is 2.32 bits per heavy atom. The fourth-order valence-corrected chi connectivity index (χ4v) is 3.42. The van der Waals surface area contributed by atoms with Gasteiger partial charge in [-0.3, -0.25) is 14.9 Å². The lowest BCUT2D eigenvalue weighted by Gasteiger charge is -2.10. The zero-order valence-electron chi connectivity index (χ0n) is 18.9. The van der Waals surface area contributed by atoms with Gasteiger partial charge in [-0.05, 0) is 53.6 Å². The molecule has 0 aliphatic rings. The van der Waals surface area contributed by atoms with E-state index in [1.54, 1.807) is 36.4 Å². The highest BCUT2D eigenvalue weighted by molar-refractivity contribution is 5.91. The van der Waals surface area contributed by atoms with Gasteiger partial charge in [-0.25, -0.2) is 4.98 Å². The molecule has 188 valence electrons. The molecule has 0 unspecified atom stereocenters. The minimum atomic E-state index is -4.45. The van der Waals surface area contributed by atoms with Crippen LogP contribution in [0.15, 0.2) is 85.1 Å². The van der Waals surface area contributed by atoms with Gasteiger partial charge < -0.3 is 15.2 Å². The third kappa shape index (κ3) is 6.40. The fraction of sp³-hybridized carbons (Fsp3) is 0.0769. The zero-order valence-corrected chi connectivity index (χ0v) is 18.9. The standard InChI is InChI=1S/C26H18F3N3O5/c27-26(28,29)19-3-1-2-17(13-19)18-6-11-24(30-15-18)31-25(34)12-16-4-7-20(8-5-16)37-21-9-10-22(32(35)36)23(33)14-21/h1-11,13-15,33H,12H2,(H,30,31,34). The number of halogens is 3. The second kappa shape index (κ2) is 10.4. The van der Waals surface area contributed by atoms with Crippen LogP contribution in [0.1, 0.15) is 11.1 Å². The third-order valence-electron chi connectivity index (χ3n) is 5.22. The highest BCUT2D eigenvalue weighted by atomic mass is 19.4. The maximum atomic E-state index is 12.9. The number of phenolic OH excluding ortho intramolecular Hbond substituents is 1. The molecule has 0 saturated carbocycles. The summed E-state index contributed by atoms with van der Waals surface area (Å²) in [5.41, 5.74) is 0.294. The summed E-state index contributed by atoms with van der Waals surface area (Å²) < 4.78 is 44.4. The fourth-order valence-electron chi connectivity index (χ4n) is 3.42. The molecule has 0 fully saturated rings. The minimum absolute atomic E-state index is 0.0235. The summed E-state index contributed by atoms with van der Waals surface area (Å²) in [6, 6.07) is 18.1. The van der Waals surface area contributed by atoms with Crippen LogP contribution in [-0.4, -0.2) is 20.9 Å². The second-order valence-corrected chi connectivity index (χ2v) is 7.89. The first-order valence-electron chi connectivity index (χ1n) is 10.8. The van der Waals surface area contributed by atoms with Gasteiger partial charge in [0.25, 0.3) is 0 Å². The number of carbonyl (C=O) groups is 1. The molecule has 0 spiro atoms. The lowest BCUT2D eigenvalue weighted by atomic mass is 10.0. The predicted molar refractivity (Wildman–Crippen MR) is 128 cm³/mol. The molecule has 4 aromatic rings. The Hall–Kier alpha value is -4.93. The smallest absolute Gasteiger partial charge is 0.416 e. The number of benzene rings is 3. The Kier molecular flexibility index (Phi) is 7.05. The van der Waals surface area contributed by atoms with Gasteiger partial charge in [0.15, 0.2) is 5.75 Å². The van der Waals surface area contributed by atoms with Gasteiger partial charge in [0, 0.05) is 23.9 Å². The number of amides is 1. The monoisotopic (exact) mass is 509 g/mol. The molecule has 0 atom stereocenters. The van der Waals surface area contributed by atoms with Gasteiger partial charge in [-0.1, -0.05) is 24.3 Å². The van der Waals surface area contributed by atoms with E-state index >= 15 is 0 Å². The molecule has 37 heavy (non-hydrogen) atoms. The first kappa shape index (κ1) is 25.2. The van der Waals surface area contributed by atoms with Crippen molar-refractivity contribution in [1.82, 2.24) is 4.98 Å². The van der Waals surface area contributed by atoms with E-state index in [0.717, 1.165) is 24.3 Å². The van der Waals surface area contributed by atoms with Crippen molar-refractivity contribution in [2.24, 2.45) is 0 Å². The number of carbonyl (C=O) groups excluding carboxylic acids is 1. The summed E-state index contributed by atoms with van der Waals surface area (Å²) in [7, 11) is 0. The van der Waals surface area contributed by atoms with E-state index in [4.69, 9.17) is 4.74 Å². The number of anilines is 1. The maximum absolute atomic E-state index is 12.9. The molecule has 4 rings (SSSR count). The number of nitro groups is 1. The van der Waals surface area contributed by atoms with Gasteiger partial charge >= 0.3 is 11.9 Å². The van der Waals surface area contributed by atoms with E-state index in [2.05, 4.69) is 10.3 Å². The summed E-state index contributed by atoms with van der Waals surface area (Å²) in [4.78, 5) is 26.6. The summed E-state index contributed by atoms with van der Waals surface area (Å²) in [5.74, 6) is -0.0308. The summed E-state index contributed by atoms with van der Waals surface area (Å²) >= 11 is 0. The number of nitrogens with zero attached hydrogens (tertiary/aromatic N) is 2. The number of hydrogen-bond acceptors (Lipinski definition) is 6. The average molecular weight is 509 g/mol. The third-order valence-corrected chi connectivity index (χ3v) is 5.22. The van der Waals surface area contributed by atoms with Crippen LogP contribution in [0.4, 0.5) is 24.7 Å². The van der Waals surface area contributed by atoms with E-state index < -0.39 is 28.1 Å². The lowest BCUT2D eigenvalue weighted by Crippen LogP contribution is -2.15. The molecule has 3 aromatic carbocycles. The Morgan fingerprint density at radius 1 is 0.973 bits per heavy atom. The molecule has 0 saturated heterocycles. The van der Waals surface area contributed by atoms with Crippen LogP contribution in [0.3, 0.4) is 0 Å². The highest BCUT2D eigenvalue weighted by Gasteiger charge is 2.30. The van der Waals surface area contributed by atoms with E-state index in [0.29, 0.717) is 22.4 Å². The summed E-state index contributed by atoms with van der Waals surface area (Å²) in [6.45, 7) is 0. The van der Waals surface area contributed by atoms with Crippen LogP contribution in [0.2, 0.25) is 0 Å². The molecular weight excluding hydrogens is 491 g/mol. The average Bonchev–Trinajstić information content (AvgIpc) is 2.85. The normalized spacial score (nSPS) is 11.1. The molecule has 0 radical (unpaired) electrons. The number of alkyl halides is 3. The van der Waals surface area contributed by atoms with Crippen molar-refractivity contribution in [1.29, 1.82) is 0 Å². The number of nitrogens with one attached hydrogen (secondary N) is 1. The summed E-state index contributed by atoms with van der Waals surface area (Å²) in [5, 5.41) is 23.1. The molecule has 8 nitrogen and oxygen atoms in total. The molecule has 0 aliphatic heterocycles. The van der Waals surface area contributed by atoms with Crippen molar-refractivity contribution in [3.63, 3.8) is 0 Å². The molecule has 1 amide bonds. The van der Waals surface area contributed by atoms with Crippen molar-refractivity contribution in [3.8, 4) is 28.4 Å². The van der Waals surface area contributed by atoms with Crippen molar-refractivity contribution in [3.05, 3.63) is 106 Å². The van der Waals surface area contributed by atoms with Crippen LogP contribution in [0, 0.1) is 10.1 Å². The topological polar surface area (TPSA) is 115 Å². The first-order valence-corrected chi connectivity index (χ1v) is 10.8. The number of phenols is 1. The first-order chi connectivity index (χ1) is 17.6. The van der Waals surface area contributed by atoms with Gasteiger partial charge in [0.05, 0.1) is 16.9 Å². The van der Waals surface area contributed by atoms with Crippen LogP contribution in [-0.2, 0) is 17.4 Å². The number of aromatic hydroxyl groups is 1. The van der Waals surface area contributed by atoms with Crippen molar-refractivity contribution in [2.75, 3.05) is 5.32 Å². The van der Waals surface area contributed by atoms with Gasteiger partial charge in [-0.2, -0.15) is 13.2 Å². The molecule has 2 N–H and O–H groups in total. The number of ether oxygens (including phenoxy) is 1. The van der Waals surface area contributed by atoms with Crippen molar-refractivity contribution in [2.45, 2.75) is 12.6 Å². The van der Waals surface area contributed by atoms with Crippen LogP contribution >= 0.6 is 0 Å². The largest absolute Gasteiger partial charge is 0.502 e. The van der Waals surface area contributed by atoms with Gasteiger partial charge in [0.2, 0.25) is 5.91 Å². The van der Waals surface area contributed by atoms with E-state index in [1.165, 1.54) is 24.4 Å². The van der Waals surface area contributed by atoms with E-state index in [-0.39, 0.29) is 23.9 Å². The van der Waals surface area contributed by atoms with Crippen molar-refractivity contribution < 1.29 is 32.7 Å². The predicted octanol–water partition coefficient (Wildman–Crippen LogP) is 6.35. The zero-order chi connectivity index (χ0) is 26.6. The van der Waals surface area contributed by atoms with Crippen LogP contribution < -0.4 is 10.1 Å². The Labute approximate surface area is 208 Å². The van der Waals surface area contributed by atoms with E-state index in [9.17, 15) is 33.2 Å². The molecule has 11 heteroatoms. The quantitative estimate of drug-likeness (QED) is 0.222. The van der Waals surface area contributed by atoms with E-state index in [1.807, 2.05) is 0 Å². The Balaban J connectivity index is 1.34. The van der Waals surface area contributed by atoms with Crippen molar-refractivity contribution >= 4 is 17.4 Å². The molecule has 1 aromatic heterocycles. The number of nitro benzene ring substituents is 1. The Morgan fingerprint density at radius 2 is 1.70 bits per heavy atom. The molecule has 0 aliphatic carbocycles. The second-order valence-electron chi connectivity index (χ2n) is 7.89. The van der Waals surface area contributed by atoms with Gasteiger partial charge in [0.1, 0.15) is 17.3 Å². The Bertz CT molecular complexity index is 1440. The number of aromatic nitrogens is 1. The van der Waals surface area contributed by atoms with Crippen LogP contribution in [0.25, 0.3) is 11.1 Å². The maximum Gasteiger partial charge on any atom is 0.416 e. The molecule has 1 heterocycles. The summed E-state index contributed by atoms with van der Waals surface area (Å²) in [6.07, 6.45) is -3.04. The lowest BCUT2D eigenvalue weighted by molar-refractivity contribution is -0.385. The molecular formula is C26H18F3N3O5. The molecule has 0 bridgehead atoms.